The zero-order valence-corrected chi connectivity index (χ0v) is 21.0. The van der Waals surface area contributed by atoms with Gasteiger partial charge in [0, 0.05) is 5.75 Å². The number of aryl methyl sites for hydroxylation is 1. The maximum atomic E-state index is 10.7. The second kappa shape index (κ2) is 16.7. The van der Waals surface area contributed by atoms with Crippen molar-refractivity contribution in [3.8, 4) is 5.75 Å². The van der Waals surface area contributed by atoms with Gasteiger partial charge in [-0.2, -0.15) is 0 Å². The van der Waals surface area contributed by atoms with E-state index in [4.69, 9.17) is 4.74 Å². The van der Waals surface area contributed by atoms with Gasteiger partial charge in [0.1, 0.15) is 5.75 Å². The van der Waals surface area contributed by atoms with Gasteiger partial charge in [0.25, 0.3) is 0 Å². The largest absolute Gasteiger partial charge is 1.00 e. The quantitative estimate of drug-likeness (QED) is 0.234. The summed E-state index contributed by atoms with van der Waals surface area (Å²) in [6, 6.07) is 6.30. The van der Waals surface area contributed by atoms with Crippen molar-refractivity contribution in [1.29, 1.82) is 0 Å². The Bertz CT molecular complexity index is 617. The molecule has 1 rings (SSSR count). The van der Waals surface area contributed by atoms with Crippen molar-refractivity contribution in [3.63, 3.8) is 0 Å². The van der Waals surface area contributed by atoms with Crippen LogP contribution in [0.5, 0.6) is 5.75 Å². The predicted molar refractivity (Wildman–Crippen MR) is 111 cm³/mol. The third kappa shape index (κ3) is 13.2. The van der Waals surface area contributed by atoms with Gasteiger partial charge >= 0.3 is 29.6 Å². The molecule has 0 heterocycles. The summed E-state index contributed by atoms with van der Waals surface area (Å²) in [7, 11) is -4.12. The fourth-order valence-corrected chi connectivity index (χ4v) is 3.86. The minimum absolute atomic E-state index is 0. The van der Waals surface area contributed by atoms with Crippen LogP contribution in [-0.2, 0) is 23.0 Å². The summed E-state index contributed by atoms with van der Waals surface area (Å²) in [5.74, 6) is 0.627. The third-order valence-electron chi connectivity index (χ3n) is 4.86. The number of rotatable bonds is 16. The number of unbranched alkanes of at least 4 members (excludes halogenated alkanes) is 7. The van der Waals surface area contributed by atoms with E-state index in [1.54, 1.807) is 0 Å². The van der Waals surface area contributed by atoms with Crippen LogP contribution >= 0.6 is 0 Å². The van der Waals surface area contributed by atoms with Crippen molar-refractivity contribution in [3.05, 3.63) is 29.3 Å². The van der Waals surface area contributed by atoms with Gasteiger partial charge in [0.05, 0.1) is 16.7 Å². The van der Waals surface area contributed by atoms with Crippen LogP contribution in [0.2, 0.25) is 0 Å². The predicted octanol–water partition coefficient (Wildman–Crippen LogP) is 2.64. The first kappa shape index (κ1) is 27.9. The molecule has 0 amide bonds. The molecule has 156 valence electrons. The molecule has 0 atom stereocenters. The van der Waals surface area contributed by atoms with Crippen LogP contribution in [0.15, 0.2) is 18.2 Å². The van der Waals surface area contributed by atoms with Crippen molar-refractivity contribution >= 4 is 10.1 Å². The Balaban J connectivity index is 0.00000729. The molecule has 0 saturated heterocycles. The van der Waals surface area contributed by atoms with Gasteiger partial charge in [0.2, 0.25) is 0 Å². The van der Waals surface area contributed by atoms with E-state index in [1.165, 1.54) is 62.5 Å². The van der Waals surface area contributed by atoms with Gasteiger partial charge < -0.3 is 9.29 Å². The molecule has 0 radical (unpaired) electrons. The molecule has 1 aromatic rings. The van der Waals surface area contributed by atoms with Gasteiger partial charge in [-0.25, -0.2) is 8.42 Å². The van der Waals surface area contributed by atoms with Crippen LogP contribution in [0, 0.1) is 0 Å². The Labute approximate surface area is 194 Å². The van der Waals surface area contributed by atoms with Crippen LogP contribution in [0.25, 0.3) is 0 Å². The Morgan fingerprint density at radius 1 is 0.857 bits per heavy atom. The molecule has 0 aliphatic rings. The second-order valence-electron chi connectivity index (χ2n) is 7.33. The third-order valence-corrected chi connectivity index (χ3v) is 5.64. The standard InChI is InChI=1S/C22H38O4S.Na/c1-3-5-7-9-14-20-15-13-17-22(21(20)16-10-8-6-4-2)26-18-11-12-19-27(23,24)25;/h13,15,17H,3-12,14,16,18-19H2,1-2H3,(H,23,24,25);/q;+1/p-1. The van der Waals surface area contributed by atoms with Crippen LogP contribution in [-0.4, -0.2) is 25.3 Å². The molecule has 0 N–H and O–H groups in total. The Morgan fingerprint density at radius 3 is 2.11 bits per heavy atom. The SMILES string of the molecule is CCCCCCc1cccc(OCCCCS(=O)(=O)[O-])c1CCCCCC.[Na+]. The number of benzene rings is 1. The van der Waals surface area contributed by atoms with E-state index in [0.29, 0.717) is 19.4 Å². The van der Waals surface area contributed by atoms with Crippen molar-refractivity contribution in [2.24, 2.45) is 0 Å². The molecule has 1 aromatic carbocycles. The maximum Gasteiger partial charge on any atom is 1.00 e. The molecule has 0 fully saturated rings. The van der Waals surface area contributed by atoms with Crippen LogP contribution in [0.1, 0.15) is 89.2 Å². The van der Waals surface area contributed by atoms with Gasteiger partial charge in [-0.3, -0.25) is 0 Å². The Hall–Kier alpha value is -0.0700. The van der Waals surface area contributed by atoms with Gasteiger partial charge in [0.15, 0.2) is 0 Å². The van der Waals surface area contributed by atoms with Crippen molar-refractivity contribution in [1.82, 2.24) is 0 Å². The van der Waals surface area contributed by atoms with E-state index in [1.807, 2.05) is 6.07 Å². The van der Waals surface area contributed by atoms with Crippen molar-refractivity contribution in [2.45, 2.75) is 90.9 Å². The minimum Gasteiger partial charge on any atom is -0.748 e. The number of ether oxygens (including phenoxy) is 1. The zero-order valence-electron chi connectivity index (χ0n) is 18.2. The molecule has 0 aromatic heterocycles. The summed E-state index contributed by atoms with van der Waals surface area (Å²) in [6.07, 6.45) is 13.0. The van der Waals surface area contributed by atoms with Gasteiger partial charge in [-0.05, 0) is 55.7 Å². The minimum atomic E-state index is -4.12. The van der Waals surface area contributed by atoms with E-state index < -0.39 is 10.1 Å². The first-order valence-corrected chi connectivity index (χ1v) is 12.2. The zero-order chi connectivity index (χ0) is 20.0. The average Bonchev–Trinajstić information content (AvgIpc) is 2.62. The van der Waals surface area contributed by atoms with E-state index in [2.05, 4.69) is 26.0 Å². The number of hydrogen-bond acceptors (Lipinski definition) is 4. The summed E-state index contributed by atoms with van der Waals surface area (Å²) in [6.45, 7) is 4.90. The molecule has 4 nitrogen and oxygen atoms in total. The fraction of sp³-hybridized carbons (Fsp3) is 0.727. The van der Waals surface area contributed by atoms with Crippen LogP contribution in [0.3, 0.4) is 0 Å². The van der Waals surface area contributed by atoms with Gasteiger partial charge in [-0.1, -0.05) is 64.5 Å². The topological polar surface area (TPSA) is 66.4 Å². The summed E-state index contributed by atoms with van der Waals surface area (Å²) < 4.78 is 38.0. The van der Waals surface area contributed by atoms with Crippen LogP contribution in [0.4, 0.5) is 0 Å². The molecule has 0 aliphatic heterocycles. The number of hydrogen-bond donors (Lipinski definition) is 0. The fourth-order valence-electron chi connectivity index (χ4n) is 3.30. The molecule has 0 spiro atoms. The monoisotopic (exact) mass is 420 g/mol. The van der Waals surface area contributed by atoms with E-state index in [-0.39, 0.29) is 35.3 Å². The average molecular weight is 421 g/mol. The summed E-state index contributed by atoms with van der Waals surface area (Å²) >= 11 is 0. The normalized spacial score (nSPS) is 11.2. The molecule has 0 aliphatic carbocycles. The molecule has 0 bridgehead atoms. The van der Waals surface area contributed by atoms with Crippen molar-refractivity contribution in [2.75, 3.05) is 12.4 Å². The Kier molecular flexibility index (Phi) is 16.7. The molecule has 28 heavy (non-hydrogen) atoms. The van der Waals surface area contributed by atoms with Gasteiger partial charge in [-0.15, -0.1) is 0 Å². The summed E-state index contributed by atoms with van der Waals surface area (Å²) in [4.78, 5) is 0. The molecule has 0 saturated carbocycles. The molecule has 6 heteroatoms. The first-order valence-electron chi connectivity index (χ1n) is 10.6. The van der Waals surface area contributed by atoms with Crippen LogP contribution < -0.4 is 34.3 Å². The summed E-state index contributed by atoms with van der Waals surface area (Å²) in [5.41, 5.74) is 2.71. The smallest absolute Gasteiger partial charge is 0.748 e. The summed E-state index contributed by atoms with van der Waals surface area (Å²) in [5, 5.41) is 0. The Morgan fingerprint density at radius 2 is 1.50 bits per heavy atom. The molecule has 0 unspecified atom stereocenters. The van der Waals surface area contributed by atoms with E-state index >= 15 is 0 Å². The van der Waals surface area contributed by atoms with E-state index in [0.717, 1.165) is 18.6 Å². The maximum absolute atomic E-state index is 10.7. The second-order valence-corrected chi connectivity index (χ2v) is 8.86. The van der Waals surface area contributed by atoms with E-state index in [9.17, 15) is 13.0 Å². The molecular formula is C22H37NaO4S. The first-order chi connectivity index (χ1) is 13.0. The van der Waals surface area contributed by atoms with Crippen molar-refractivity contribution < 1.29 is 47.3 Å². The molecular weight excluding hydrogens is 383 g/mol.